The van der Waals surface area contributed by atoms with E-state index < -0.39 is 0 Å². The third kappa shape index (κ3) is 6.97. The van der Waals surface area contributed by atoms with Gasteiger partial charge in [-0.3, -0.25) is 0 Å². The molecule has 0 amide bonds. The molecule has 2 aromatic rings. The minimum absolute atomic E-state index is 0.916. The van der Waals surface area contributed by atoms with E-state index in [2.05, 4.69) is 74.5 Å². The Hall–Kier alpha value is -2.08. The van der Waals surface area contributed by atoms with Crippen molar-refractivity contribution in [2.75, 3.05) is 0 Å². The van der Waals surface area contributed by atoms with Crippen LogP contribution in [0.2, 0.25) is 0 Å². The highest BCUT2D eigenvalue weighted by molar-refractivity contribution is 5.73. The monoisotopic (exact) mass is 454 g/mol. The van der Waals surface area contributed by atoms with Crippen LogP contribution in [0.5, 0.6) is 0 Å². The van der Waals surface area contributed by atoms with E-state index in [1.165, 1.54) is 112 Å². The van der Waals surface area contributed by atoms with E-state index in [9.17, 15) is 0 Å². The standard InChI is InChI=1S/C34H46/c1-3-5-7-9-27-11-15-29(16-12-27)31-19-23-33(24-20-31)34-25-21-32(22-26-34)30-17-13-28(14-18-30)10-8-6-4-2/h15,17,19-28H,3-14,16,18H2,1-2H3. The zero-order chi connectivity index (χ0) is 23.6. The summed E-state index contributed by atoms with van der Waals surface area (Å²) >= 11 is 0. The van der Waals surface area contributed by atoms with E-state index >= 15 is 0 Å². The third-order valence-electron chi connectivity index (χ3n) is 8.32. The van der Waals surface area contributed by atoms with Crippen molar-refractivity contribution in [3.63, 3.8) is 0 Å². The Morgan fingerprint density at radius 2 is 0.912 bits per heavy atom. The number of unbranched alkanes of at least 4 members (excludes halogenated alkanes) is 4. The number of allylic oxidation sites excluding steroid dienone is 4. The maximum atomic E-state index is 2.52. The first-order valence-electron chi connectivity index (χ1n) is 14.4. The van der Waals surface area contributed by atoms with Gasteiger partial charge in [0.15, 0.2) is 0 Å². The van der Waals surface area contributed by atoms with E-state index in [1.807, 2.05) is 0 Å². The largest absolute Gasteiger partial charge is 0.0804 e. The zero-order valence-corrected chi connectivity index (χ0v) is 21.8. The van der Waals surface area contributed by atoms with Gasteiger partial charge in [-0.2, -0.15) is 0 Å². The van der Waals surface area contributed by atoms with Gasteiger partial charge in [0.2, 0.25) is 0 Å². The van der Waals surface area contributed by atoms with Crippen LogP contribution in [0.3, 0.4) is 0 Å². The molecule has 2 aromatic carbocycles. The quantitative estimate of drug-likeness (QED) is 0.296. The minimum Gasteiger partial charge on any atom is -0.0804 e. The Morgan fingerprint density at radius 1 is 0.529 bits per heavy atom. The van der Waals surface area contributed by atoms with Crippen molar-refractivity contribution in [3.05, 3.63) is 71.8 Å². The molecule has 0 heterocycles. The van der Waals surface area contributed by atoms with Crippen molar-refractivity contribution in [3.8, 4) is 11.1 Å². The van der Waals surface area contributed by atoms with Gasteiger partial charge in [-0.1, -0.05) is 126 Å². The normalized spacial score (nSPS) is 20.6. The second-order valence-corrected chi connectivity index (χ2v) is 10.9. The molecule has 0 N–H and O–H groups in total. The average Bonchev–Trinajstić information content (AvgIpc) is 2.90. The molecule has 0 fully saturated rings. The lowest BCUT2D eigenvalue weighted by atomic mass is 9.83. The molecule has 0 bridgehead atoms. The summed E-state index contributed by atoms with van der Waals surface area (Å²) in [5.74, 6) is 1.83. The van der Waals surface area contributed by atoms with Crippen molar-refractivity contribution < 1.29 is 0 Å². The fourth-order valence-corrected chi connectivity index (χ4v) is 5.95. The SMILES string of the molecule is CCCCCC1CC=C(c2ccc(-c3ccc(C4=CCC(CCCCC)CC4)cc3)cc2)CC1. The molecule has 0 spiro atoms. The van der Waals surface area contributed by atoms with Gasteiger partial charge in [-0.05, 0) is 83.8 Å². The number of hydrogen-bond acceptors (Lipinski definition) is 0. The van der Waals surface area contributed by atoms with Crippen LogP contribution in [0.25, 0.3) is 22.3 Å². The van der Waals surface area contributed by atoms with Crippen LogP contribution in [-0.4, -0.2) is 0 Å². The van der Waals surface area contributed by atoms with Crippen LogP contribution < -0.4 is 0 Å². The van der Waals surface area contributed by atoms with Crippen molar-refractivity contribution in [1.82, 2.24) is 0 Å². The molecule has 182 valence electrons. The highest BCUT2D eigenvalue weighted by Crippen LogP contribution is 2.35. The summed E-state index contributed by atoms with van der Waals surface area (Å²) in [6.45, 7) is 4.60. The van der Waals surface area contributed by atoms with E-state index in [0.717, 1.165) is 11.8 Å². The predicted molar refractivity (Wildman–Crippen MR) is 151 cm³/mol. The van der Waals surface area contributed by atoms with Crippen LogP contribution >= 0.6 is 0 Å². The minimum atomic E-state index is 0.916. The maximum Gasteiger partial charge on any atom is -0.0184 e. The average molecular weight is 455 g/mol. The Kier molecular flexibility index (Phi) is 9.66. The summed E-state index contributed by atoms with van der Waals surface area (Å²) < 4.78 is 0. The summed E-state index contributed by atoms with van der Waals surface area (Å²) in [5, 5.41) is 0. The van der Waals surface area contributed by atoms with Gasteiger partial charge in [-0.15, -0.1) is 0 Å². The van der Waals surface area contributed by atoms with E-state index in [4.69, 9.17) is 0 Å². The summed E-state index contributed by atoms with van der Waals surface area (Å²) in [4.78, 5) is 0. The molecule has 0 aliphatic heterocycles. The summed E-state index contributed by atoms with van der Waals surface area (Å²) in [6, 6.07) is 18.6. The summed E-state index contributed by atoms with van der Waals surface area (Å²) in [5.41, 5.74) is 8.63. The summed E-state index contributed by atoms with van der Waals surface area (Å²) in [7, 11) is 0. The second kappa shape index (κ2) is 13.1. The molecule has 0 saturated heterocycles. The number of hydrogen-bond donors (Lipinski definition) is 0. The lowest BCUT2D eigenvalue weighted by molar-refractivity contribution is 0.428. The van der Waals surface area contributed by atoms with Gasteiger partial charge in [0.05, 0.1) is 0 Å². The Morgan fingerprint density at radius 3 is 1.24 bits per heavy atom. The van der Waals surface area contributed by atoms with E-state index in [-0.39, 0.29) is 0 Å². The molecule has 2 aliphatic rings. The van der Waals surface area contributed by atoms with Crippen molar-refractivity contribution in [2.45, 2.75) is 104 Å². The molecular weight excluding hydrogens is 408 g/mol. The highest BCUT2D eigenvalue weighted by atomic mass is 14.2. The van der Waals surface area contributed by atoms with Gasteiger partial charge >= 0.3 is 0 Å². The number of rotatable bonds is 11. The molecule has 34 heavy (non-hydrogen) atoms. The molecule has 0 radical (unpaired) electrons. The lowest BCUT2D eigenvalue weighted by Crippen LogP contribution is -2.05. The van der Waals surface area contributed by atoms with Crippen LogP contribution in [0.15, 0.2) is 60.7 Å². The van der Waals surface area contributed by atoms with E-state index in [0.29, 0.717) is 0 Å². The topological polar surface area (TPSA) is 0 Å². The number of benzene rings is 2. The smallest absolute Gasteiger partial charge is 0.0184 e. The molecule has 2 aliphatic carbocycles. The first kappa shape index (κ1) is 25.0. The first-order chi connectivity index (χ1) is 16.8. The van der Waals surface area contributed by atoms with Crippen molar-refractivity contribution >= 4 is 11.1 Å². The lowest BCUT2D eigenvalue weighted by Gasteiger charge is -2.22. The molecule has 0 heteroatoms. The fraction of sp³-hybridized carbons (Fsp3) is 0.529. The predicted octanol–water partition coefficient (Wildman–Crippen LogP) is 10.9. The Bertz CT molecular complexity index is 846. The van der Waals surface area contributed by atoms with Gasteiger partial charge in [-0.25, -0.2) is 0 Å². The van der Waals surface area contributed by atoms with Gasteiger partial charge in [0.25, 0.3) is 0 Å². The van der Waals surface area contributed by atoms with Gasteiger partial charge in [0.1, 0.15) is 0 Å². The van der Waals surface area contributed by atoms with Crippen LogP contribution in [0.1, 0.15) is 115 Å². The van der Waals surface area contributed by atoms with Crippen molar-refractivity contribution in [2.24, 2.45) is 11.8 Å². The van der Waals surface area contributed by atoms with E-state index in [1.54, 1.807) is 11.1 Å². The Balaban J connectivity index is 1.32. The third-order valence-corrected chi connectivity index (χ3v) is 8.32. The fourth-order valence-electron chi connectivity index (χ4n) is 5.95. The van der Waals surface area contributed by atoms with Crippen LogP contribution in [0, 0.1) is 11.8 Å². The maximum absolute atomic E-state index is 2.52. The zero-order valence-electron chi connectivity index (χ0n) is 21.8. The van der Waals surface area contributed by atoms with Crippen LogP contribution in [-0.2, 0) is 0 Å². The molecular formula is C34H46. The molecule has 0 nitrogen and oxygen atoms in total. The molecule has 2 atom stereocenters. The molecule has 0 aromatic heterocycles. The molecule has 0 saturated carbocycles. The molecule has 4 rings (SSSR count). The summed E-state index contributed by atoms with van der Waals surface area (Å²) in [6.07, 6.45) is 24.0. The van der Waals surface area contributed by atoms with Gasteiger partial charge < -0.3 is 0 Å². The van der Waals surface area contributed by atoms with Crippen LogP contribution in [0.4, 0.5) is 0 Å². The van der Waals surface area contributed by atoms with Crippen molar-refractivity contribution in [1.29, 1.82) is 0 Å². The molecule has 2 unspecified atom stereocenters. The first-order valence-corrected chi connectivity index (χ1v) is 14.4. The highest BCUT2D eigenvalue weighted by Gasteiger charge is 2.16. The second-order valence-electron chi connectivity index (χ2n) is 10.9. The van der Waals surface area contributed by atoms with Gasteiger partial charge in [0, 0.05) is 0 Å². The Labute approximate surface area is 209 Å².